The highest BCUT2D eigenvalue weighted by molar-refractivity contribution is 7.80. The average molecular weight is 394 g/mol. The van der Waals surface area contributed by atoms with Gasteiger partial charge in [0.05, 0.1) is 12.0 Å². The van der Waals surface area contributed by atoms with Crippen molar-refractivity contribution in [1.29, 1.82) is 0 Å². The van der Waals surface area contributed by atoms with Gasteiger partial charge in [-0.3, -0.25) is 4.79 Å². The molecule has 3 rings (SSSR count). The minimum Gasteiger partial charge on any atom is -0.506 e. The third-order valence-corrected chi connectivity index (χ3v) is 4.69. The van der Waals surface area contributed by atoms with Gasteiger partial charge in [-0.2, -0.15) is 0 Å². The SMILES string of the molecule is CCOC(=O)c1c(S)nc2nc(N3CCN(C(C)=O)CC3)c(F)cc2c1O. The highest BCUT2D eigenvalue weighted by Crippen LogP contribution is 2.33. The van der Waals surface area contributed by atoms with E-state index in [0.717, 1.165) is 6.07 Å². The van der Waals surface area contributed by atoms with Gasteiger partial charge in [-0.15, -0.1) is 12.6 Å². The Morgan fingerprint density at radius 1 is 1.30 bits per heavy atom. The van der Waals surface area contributed by atoms with Crippen LogP contribution in [0.2, 0.25) is 0 Å². The molecular weight excluding hydrogens is 375 g/mol. The number of halogens is 1. The summed E-state index contributed by atoms with van der Waals surface area (Å²) in [6, 6.07) is 1.09. The molecule has 0 atom stereocenters. The first-order valence-corrected chi connectivity index (χ1v) is 8.88. The van der Waals surface area contributed by atoms with Gasteiger partial charge < -0.3 is 19.6 Å². The van der Waals surface area contributed by atoms with E-state index in [9.17, 15) is 19.1 Å². The lowest BCUT2D eigenvalue weighted by Crippen LogP contribution is -2.48. The number of carbonyl (C=O) groups excluding carboxylic acids is 2. The maximum atomic E-state index is 14.7. The molecule has 2 aromatic rings. The zero-order chi connectivity index (χ0) is 19.7. The second-order valence-electron chi connectivity index (χ2n) is 6.04. The van der Waals surface area contributed by atoms with E-state index < -0.39 is 17.5 Å². The molecule has 0 radical (unpaired) electrons. The molecule has 1 fully saturated rings. The van der Waals surface area contributed by atoms with E-state index >= 15 is 0 Å². The first-order chi connectivity index (χ1) is 12.8. The largest absolute Gasteiger partial charge is 0.506 e. The van der Waals surface area contributed by atoms with Crippen LogP contribution in [-0.4, -0.2) is 64.6 Å². The van der Waals surface area contributed by atoms with Crippen LogP contribution in [0, 0.1) is 5.82 Å². The smallest absolute Gasteiger partial charge is 0.344 e. The second-order valence-corrected chi connectivity index (χ2v) is 6.46. The molecule has 0 bridgehead atoms. The number of aromatic nitrogens is 2. The highest BCUT2D eigenvalue weighted by Gasteiger charge is 2.26. The summed E-state index contributed by atoms with van der Waals surface area (Å²) in [5, 5.41) is 10.3. The van der Waals surface area contributed by atoms with Gasteiger partial charge in [-0.25, -0.2) is 19.2 Å². The van der Waals surface area contributed by atoms with E-state index in [1.54, 1.807) is 16.7 Å². The van der Waals surface area contributed by atoms with Crippen LogP contribution in [-0.2, 0) is 9.53 Å². The summed E-state index contributed by atoms with van der Waals surface area (Å²) in [7, 11) is 0. The Kier molecular flexibility index (Phi) is 5.36. The topological polar surface area (TPSA) is 95.9 Å². The van der Waals surface area contributed by atoms with E-state index in [2.05, 4.69) is 22.6 Å². The number of amides is 1. The predicted molar refractivity (Wildman–Crippen MR) is 98.8 cm³/mol. The normalized spacial score (nSPS) is 14.5. The number of carbonyl (C=O) groups is 2. The molecule has 1 amide bonds. The van der Waals surface area contributed by atoms with Crippen LogP contribution in [0.1, 0.15) is 24.2 Å². The Labute approximate surface area is 160 Å². The Morgan fingerprint density at radius 2 is 1.96 bits per heavy atom. The summed E-state index contributed by atoms with van der Waals surface area (Å²) in [4.78, 5) is 35.1. The lowest BCUT2D eigenvalue weighted by Gasteiger charge is -2.35. The van der Waals surface area contributed by atoms with Crippen molar-refractivity contribution in [3.05, 3.63) is 17.4 Å². The fourth-order valence-electron chi connectivity index (χ4n) is 2.97. The Bertz CT molecular complexity index is 916. The molecule has 0 aliphatic carbocycles. The molecule has 1 N–H and O–H groups in total. The number of hydrogen-bond donors (Lipinski definition) is 2. The van der Waals surface area contributed by atoms with Crippen molar-refractivity contribution in [1.82, 2.24) is 14.9 Å². The van der Waals surface area contributed by atoms with E-state index in [0.29, 0.717) is 26.2 Å². The Morgan fingerprint density at radius 3 is 2.56 bits per heavy atom. The summed E-state index contributed by atoms with van der Waals surface area (Å²) in [5.41, 5.74) is -0.160. The van der Waals surface area contributed by atoms with Gasteiger partial charge in [-0.1, -0.05) is 0 Å². The van der Waals surface area contributed by atoms with Crippen LogP contribution in [0.4, 0.5) is 10.2 Å². The molecule has 1 aliphatic rings. The van der Waals surface area contributed by atoms with Crippen LogP contribution < -0.4 is 4.90 Å². The van der Waals surface area contributed by atoms with Gasteiger partial charge in [0.2, 0.25) is 5.91 Å². The lowest BCUT2D eigenvalue weighted by molar-refractivity contribution is -0.129. The standard InChI is InChI=1S/C17H19FN4O4S/c1-3-26-17(25)12-13(24)10-8-11(18)15(19-14(10)20-16(12)27)22-6-4-21(5-7-22)9(2)23/h8H,3-7H2,1-2H3,(H2,19,20,24,27). The van der Waals surface area contributed by atoms with Crippen LogP contribution >= 0.6 is 12.6 Å². The fourth-order valence-corrected chi connectivity index (χ4v) is 3.26. The number of piperazine rings is 1. The van der Waals surface area contributed by atoms with Crippen molar-refractivity contribution in [2.24, 2.45) is 0 Å². The van der Waals surface area contributed by atoms with Gasteiger partial charge in [0, 0.05) is 33.1 Å². The zero-order valence-electron chi connectivity index (χ0n) is 14.9. The third kappa shape index (κ3) is 3.61. The molecule has 10 heteroatoms. The molecule has 0 saturated carbocycles. The molecule has 8 nitrogen and oxygen atoms in total. The molecule has 0 unspecified atom stereocenters. The first kappa shape index (κ1) is 19.2. The van der Waals surface area contributed by atoms with Crippen molar-refractivity contribution < 1.29 is 23.8 Å². The molecule has 0 aromatic carbocycles. The zero-order valence-corrected chi connectivity index (χ0v) is 15.8. The molecule has 1 saturated heterocycles. The second kappa shape index (κ2) is 7.55. The van der Waals surface area contributed by atoms with E-state index in [4.69, 9.17) is 4.74 Å². The number of hydrogen-bond acceptors (Lipinski definition) is 8. The molecule has 27 heavy (non-hydrogen) atoms. The van der Waals surface area contributed by atoms with Gasteiger partial charge in [0.25, 0.3) is 0 Å². The van der Waals surface area contributed by atoms with E-state index in [1.165, 1.54) is 6.92 Å². The molecule has 0 spiro atoms. The summed E-state index contributed by atoms with van der Waals surface area (Å²) in [6.07, 6.45) is 0. The number of nitrogens with zero attached hydrogens (tertiary/aromatic N) is 4. The molecule has 1 aliphatic heterocycles. The minimum atomic E-state index is -0.792. The summed E-state index contributed by atoms with van der Waals surface area (Å²) >= 11 is 4.13. The number of fused-ring (bicyclic) bond motifs is 1. The summed E-state index contributed by atoms with van der Waals surface area (Å²) in [6.45, 7) is 5.01. The predicted octanol–water partition coefficient (Wildman–Crippen LogP) is 1.61. The maximum absolute atomic E-state index is 14.7. The number of thiol groups is 1. The average Bonchev–Trinajstić information content (AvgIpc) is 2.62. The van der Waals surface area contributed by atoms with Crippen molar-refractivity contribution in [3.63, 3.8) is 0 Å². The summed E-state index contributed by atoms with van der Waals surface area (Å²) < 4.78 is 19.5. The number of aromatic hydroxyl groups is 1. The third-order valence-electron chi connectivity index (χ3n) is 4.37. The Hall–Kier alpha value is -2.62. The number of rotatable bonds is 3. The molecule has 144 valence electrons. The Balaban J connectivity index is 1.99. The monoisotopic (exact) mass is 394 g/mol. The van der Waals surface area contributed by atoms with Crippen molar-refractivity contribution in [2.75, 3.05) is 37.7 Å². The van der Waals surface area contributed by atoms with Crippen molar-refractivity contribution in [2.45, 2.75) is 18.9 Å². The fraction of sp³-hybridized carbons (Fsp3) is 0.412. The number of ether oxygens (including phenoxy) is 1. The molecule has 3 heterocycles. The van der Waals surface area contributed by atoms with Gasteiger partial charge >= 0.3 is 5.97 Å². The van der Waals surface area contributed by atoms with Crippen LogP contribution in [0.5, 0.6) is 5.75 Å². The number of pyridine rings is 2. The van der Waals surface area contributed by atoms with Crippen LogP contribution in [0.15, 0.2) is 11.1 Å². The molecular formula is C17H19FN4O4S. The molecule has 2 aromatic heterocycles. The lowest BCUT2D eigenvalue weighted by atomic mass is 10.1. The summed E-state index contributed by atoms with van der Waals surface area (Å²) in [5.74, 6) is -1.87. The quantitative estimate of drug-likeness (QED) is 0.603. The van der Waals surface area contributed by atoms with E-state index in [1.807, 2.05) is 0 Å². The van der Waals surface area contributed by atoms with Crippen LogP contribution in [0.25, 0.3) is 11.0 Å². The van der Waals surface area contributed by atoms with Crippen molar-refractivity contribution in [3.8, 4) is 5.75 Å². The maximum Gasteiger partial charge on any atom is 0.344 e. The number of anilines is 1. The number of esters is 1. The first-order valence-electron chi connectivity index (χ1n) is 8.43. The highest BCUT2D eigenvalue weighted by atomic mass is 32.1. The van der Waals surface area contributed by atoms with E-state index in [-0.39, 0.29) is 40.0 Å². The minimum absolute atomic E-state index is 0.000486. The van der Waals surface area contributed by atoms with Gasteiger partial charge in [0.15, 0.2) is 17.3 Å². The van der Waals surface area contributed by atoms with Gasteiger partial charge in [-0.05, 0) is 13.0 Å². The van der Waals surface area contributed by atoms with Crippen LogP contribution in [0.3, 0.4) is 0 Å². The van der Waals surface area contributed by atoms with Gasteiger partial charge in [0.1, 0.15) is 16.3 Å². The van der Waals surface area contributed by atoms with Crippen molar-refractivity contribution >= 4 is 41.4 Å².